The summed E-state index contributed by atoms with van der Waals surface area (Å²) in [7, 11) is 0. The van der Waals surface area contributed by atoms with Crippen molar-refractivity contribution in [3.05, 3.63) is 0 Å². The van der Waals surface area contributed by atoms with E-state index < -0.39 is 27.7 Å². The molecule has 0 saturated heterocycles. The molecule has 0 aromatic heterocycles. The SMILES string of the molecule is CC(C)(C=O)CN(CC(C)(C)C=O)C(=O)N(CC(C)(C)C=O)CC(C)(C)C=O. The van der Waals surface area contributed by atoms with Gasteiger partial charge in [-0.3, -0.25) is 0 Å². The zero-order chi connectivity index (χ0) is 22.4. The molecule has 0 aliphatic heterocycles. The first kappa shape index (κ1) is 26.0. The topological polar surface area (TPSA) is 91.8 Å². The van der Waals surface area contributed by atoms with Crippen LogP contribution in [0.2, 0.25) is 0 Å². The zero-order valence-electron chi connectivity index (χ0n) is 18.6. The van der Waals surface area contributed by atoms with Crippen molar-refractivity contribution < 1.29 is 24.0 Å². The van der Waals surface area contributed by atoms with Crippen LogP contribution in [-0.4, -0.2) is 67.2 Å². The van der Waals surface area contributed by atoms with Crippen LogP contribution < -0.4 is 0 Å². The Hall–Kier alpha value is -2.05. The van der Waals surface area contributed by atoms with Gasteiger partial charge >= 0.3 is 6.03 Å². The van der Waals surface area contributed by atoms with Crippen molar-refractivity contribution in [1.82, 2.24) is 9.80 Å². The summed E-state index contributed by atoms with van der Waals surface area (Å²) in [6, 6.07) is -0.408. The normalized spacial score (nSPS) is 12.9. The van der Waals surface area contributed by atoms with Crippen LogP contribution in [0.3, 0.4) is 0 Å². The summed E-state index contributed by atoms with van der Waals surface area (Å²) >= 11 is 0. The fraction of sp³-hybridized carbons (Fsp3) is 0.762. The predicted molar refractivity (Wildman–Crippen MR) is 108 cm³/mol. The lowest BCUT2D eigenvalue weighted by Gasteiger charge is -2.40. The Labute approximate surface area is 168 Å². The van der Waals surface area contributed by atoms with Gasteiger partial charge in [0.25, 0.3) is 0 Å². The van der Waals surface area contributed by atoms with Crippen LogP contribution >= 0.6 is 0 Å². The molecule has 0 aromatic rings. The molecule has 0 fully saturated rings. The first-order valence-electron chi connectivity index (χ1n) is 9.43. The number of aldehydes is 4. The van der Waals surface area contributed by atoms with Crippen molar-refractivity contribution in [3.63, 3.8) is 0 Å². The first-order chi connectivity index (χ1) is 12.5. The lowest BCUT2D eigenvalue weighted by atomic mass is 9.90. The van der Waals surface area contributed by atoms with Gasteiger partial charge in [0.2, 0.25) is 0 Å². The Kier molecular flexibility index (Phi) is 8.74. The van der Waals surface area contributed by atoms with Gasteiger partial charge in [0.1, 0.15) is 25.1 Å². The highest BCUT2D eigenvalue weighted by Gasteiger charge is 2.36. The molecule has 0 aliphatic carbocycles. The van der Waals surface area contributed by atoms with E-state index in [4.69, 9.17) is 0 Å². The Morgan fingerprint density at radius 2 is 0.714 bits per heavy atom. The zero-order valence-corrected chi connectivity index (χ0v) is 18.6. The predicted octanol–water partition coefficient (Wildman–Crippen LogP) is 2.61. The van der Waals surface area contributed by atoms with Crippen molar-refractivity contribution >= 4 is 31.2 Å². The highest BCUT2D eigenvalue weighted by Crippen LogP contribution is 2.24. The fourth-order valence-electron chi connectivity index (χ4n) is 2.70. The molecule has 7 heteroatoms. The first-order valence-corrected chi connectivity index (χ1v) is 9.43. The average molecular weight is 397 g/mol. The Morgan fingerprint density at radius 3 is 0.857 bits per heavy atom. The van der Waals surface area contributed by atoms with Gasteiger partial charge in [-0.15, -0.1) is 0 Å². The summed E-state index contributed by atoms with van der Waals surface area (Å²) in [6.07, 6.45) is 3.10. The van der Waals surface area contributed by atoms with Gasteiger partial charge < -0.3 is 29.0 Å². The summed E-state index contributed by atoms with van der Waals surface area (Å²) in [5.74, 6) is 0. The van der Waals surface area contributed by atoms with Crippen LogP contribution in [-0.2, 0) is 19.2 Å². The smallest absolute Gasteiger partial charge is 0.320 e. The standard InChI is InChI=1S/C21H36N2O5/c1-18(2,13-24)9-22(10-19(3,4)14-25)17(28)23(11-20(5,6)15-26)12-21(7,8)16-27/h13-16H,9-12H2,1-8H3. The molecule has 0 saturated carbocycles. The van der Waals surface area contributed by atoms with E-state index in [0.717, 1.165) is 25.1 Å². The number of hydrogen-bond donors (Lipinski definition) is 0. The molecule has 0 atom stereocenters. The molecule has 0 bridgehead atoms. The maximum absolute atomic E-state index is 13.4. The Bertz CT molecular complexity index is 500. The van der Waals surface area contributed by atoms with Gasteiger partial charge in [0.15, 0.2) is 0 Å². The molecule has 28 heavy (non-hydrogen) atoms. The van der Waals surface area contributed by atoms with E-state index >= 15 is 0 Å². The molecular weight excluding hydrogens is 360 g/mol. The number of urea groups is 1. The number of nitrogens with zero attached hydrogens (tertiary/aromatic N) is 2. The Morgan fingerprint density at radius 1 is 0.536 bits per heavy atom. The van der Waals surface area contributed by atoms with Gasteiger partial charge in [-0.25, -0.2) is 4.79 Å². The number of rotatable bonds is 12. The molecule has 0 rings (SSSR count). The summed E-state index contributed by atoms with van der Waals surface area (Å²) in [4.78, 5) is 62.0. The third-order valence-electron chi connectivity index (χ3n) is 4.21. The van der Waals surface area contributed by atoms with Crippen molar-refractivity contribution in [1.29, 1.82) is 0 Å². The van der Waals surface area contributed by atoms with Crippen LogP contribution in [0.25, 0.3) is 0 Å². The maximum atomic E-state index is 13.4. The maximum Gasteiger partial charge on any atom is 0.320 e. The number of amides is 2. The lowest BCUT2D eigenvalue weighted by molar-refractivity contribution is -0.116. The van der Waals surface area contributed by atoms with E-state index in [0.29, 0.717) is 0 Å². The molecule has 160 valence electrons. The number of hydrogen-bond acceptors (Lipinski definition) is 5. The van der Waals surface area contributed by atoms with E-state index in [1.54, 1.807) is 55.4 Å². The van der Waals surface area contributed by atoms with E-state index in [1.807, 2.05) is 0 Å². The quantitative estimate of drug-likeness (QED) is 0.473. The second kappa shape index (κ2) is 9.43. The minimum Gasteiger partial charge on any atom is -0.323 e. The second-order valence-corrected chi connectivity index (χ2v) is 10.4. The van der Waals surface area contributed by atoms with Crippen LogP contribution in [0.5, 0.6) is 0 Å². The van der Waals surface area contributed by atoms with Crippen molar-refractivity contribution in [2.75, 3.05) is 26.2 Å². The molecule has 0 unspecified atom stereocenters. The molecular formula is C21H36N2O5. The monoisotopic (exact) mass is 396 g/mol. The van der Waals surface area contributed by atoms with Crippen molar-refractivity contribution in [2.45, 2.75) is 55.4 Å². The largest absolute Gasteiger partial charge is 0.323 e. The minimum atomic E-state index is -0.805. The molecule has 0 aromatic carbocycles. The average Bonchev–Trinajstić information content (AvgIpc) is 2.59. The van der Waals surface area contributed by atoms with Crippen LogP contribution in [0.15, 0.2) is 0 Å². The van der Waals surface area contributed by atoms with E-state index in [2.05, 4.69) is 0 Å². The van der Waals surface area contributed by atoms with Crippen molar-refractivity contribution in [2.24, 2.45) is 21.7 Å². The highest BCUT2D eigenvalue weighted by atomic mass is 16.2. The summed E-state index contributed by atoms with van der Waals surface area (Å²) in [5, 5.41) is 0. The molecule has 0 radical (unpaired) electrons. The molecule has 2 amide bonds. The van der Waals surface area contributed by atoms with Gasteiger partial charge in [-0.05, 0) is 0 Å². The van der Waals surface area contributed by atoms with Crippen LogP contribution in [0.1, 0.15) is 55.4 Å². The lowest BCUT2D eigenvalue weighted by Crippen LogP contribution is -2.54. The van der Waals surface area contributed by atoms with Gasteiger partial charge in [0.05, 0.1) is 0 Å². The Balaban J connectivity index is 6.00. The number of carbonyl (C=O) groups is 5. The van der Waals surface area contributed by atoms with Gasteiger partial charge in [-0.1, -0.05) is 55.4 Å². The second-order valence-electron chi connectivity index (χ2n) is 10.4. The third-order valence-corrected chi connectivity index (χ3v) is 4.21. The van der Waals surface area contributed by atoms with E-state index in [-0.39, 0.29) is 26.2 Å². The molecule has 7 nitrogen and oxygen atoms in total. The fourth-order valence-corrected chi connectivity index (χ4v) is 2.70. The van der Waals surface area contributed by atoms with E-state index in [9.17, 15) is 24.0 Å². The number of carbonyl (C=O) groups excluding carboxylic acids is 5. The summed E-state index contributed by atoms with van der Waals surface area (Å²) in [6.45, 7) is 14.2. The van der Waals surface area contributed by atoms with Gasteiger partial charge in [0, 0.05) is 47.8 Å². The molecule has 0 heterocycles. The minimum absolute atomic E-state index is 0.117. The summed E-state index contributed by atoms with van der Waals surface area (Å²) in [5.41, 5.74) is -3.22. The summed E-state index contributed by atoms with van der Waals surface area (Å²) < 4.78 is 0. The van der Waals surface area contributed by atoms with Crippen molar-refractivity contribution in [3.8, 4) is 0 Å². The van der Waals surface area contributed by atoms with E-state index in [1.165, 1.54) is 9.80 Å². The molecule has 0 aliphatic rings. The van der Waals surface area contributed by atoms with Gasteiger partial charge in [-0.2, -0.15) is 0 Å². The third kappa shape index (κ3) is 8.76. The van der Waals surface area contributed by atoms with Crippen LogP contribution in [0.4, 0.5) is 4.79 Å². The van der Waals surface area contributed by atoms with Crippen LogP contribution in [0, 0.1) is 21.7 Å². The molecule has 0 spiro atoms. The highest BCUT2D eigenvalue weighted by molar-refractivity contribution is 5.77. The molecule has 0 N–H and O–H groups in total.